The first kappa shape index (κ1) is 15.0. The van der Waals surface area contributed by atoms with Gasteiger partial charge in [-0.1, -0.05) is 6.07 Å². The summed E-state index contributed by atoms with van der Waals surface area (Å²) in [5, 5.41) is 3.68. The molecule has 2 aromatic rings. The van der Waals surface area contributed by atoms with E-state index in [2.05, 4.69) is 34.3 Å². The van der Waals surface area contributed by atoms with E-state index in [0.29, 0.717) is 18.9 Å². The van der Waals surface area contributed by atoms with Gasteiger partial charge >= 0.3 is 0 Å². The van der Waals surface area contributed by atoms with Crippen LogP contribution in [0.25, 0.3) is 11.1 Å². The van der Waals surface area contributed by atoms with Gasteiger partial charge < -0.3 is 14.8 Å². The van der Waals surface area contributed by atoms with Gasteiger partial charge in [-0.3, -0.25) is 4.90 Å². The van der Waals surface area contributed by atoms with Crippen molar-refractivity contribution in [1.82, 2.24) is 9.88 Å². The largest absolute Gasteiger partial charge is 0.454 e. The smallest absolute Gasteiger partial charge is 0.231 e. The average molecular weight is 337 g/mol. The van der Waals surface area contributed by atoms with E-state index in [4.69, 9.17) is 9.47 Å². The highest BCUT2D eigenvalue weighted by atomic mass is 16.7. The molecule has 130 valence electrons. The van der Waals surface area contributed by atoms with Gasteiger partial charge in [0.15, 0.2) is 11.5 Å². The average Bonchev–Trinajstić information content (AvgIpc) is 3.13. The maximum Gasteiger partial charge on any atom is 0.231 e. The zero-order valence-electron chi connectivity index (χ0n) is 14.4. The van der Waals surface area contributed by atoms with Crippen LogP contribution in [0.4, 0.5) is 5.82 Å². The zero-order chi connectivity index (χ0) is 16.8. The molecule has 3 fully saturated rings. The zero-order valence-corrected chi connectivity index (χ0v) is 14.4. The van der Waals surface area contributed by atoms with Gasteiger partial charge in [-0.15, -0.1) is 0 Å². The quantitative estimate of drug-likeness (QED) is 0.930. The molecule has 0 amide bonds. The standard InChI is InChI=1S/C20H23N3O2/c1-13-20(14-6-8-23(13)9-7-14)22-19-5-3-16(11-21-19)15-2-4-17-18(10-15)25-12-24-17/h2-5,10-11,13-14,20H,6-9,12H2,1H3,(H,21,22). The molecule has 3 saturated heterocycles. The molecule has 0 radical (unpaired) electrons. The van der Waals surface area contributed by atoms with Crippen molar-refractivity contribution in [2.24, 2.45) is 5.92 Å². The Morgan fingerprint density at radius 3 is 2.60 bits per heavy atom. The van der Waals surface area contributed by atoms with Gasteiger partial charge in [0.05, 0.1) is 0 Å². The minimum atomic E-state index is 0.303. The van der Waals surface area contributed by atoms with Crippen LogP contribution < -0.4 is 14.8 Å². The minimum Gasteiger partial charge on any atom is -0.454 e. The summed E-state index contributed by atoms with van der Waals surface area (Å²) < 4.78 is 10.8. The third-order valence-electron chi connectivity index (χ3n) is 5.96. The molecule has 5 nitrogen and oxygen atoms in total. The van der Waals surface area contributed by atoms with Gasteiger partial charge in [-0.2, -0.15) is 0 Å². The molecule has 1 aromatic heterocycles. The Kier molecular flexibility index (Phi) is 3.55. The Morgan fingerprint density at radius 2 is 1.84 bits per heavy atom. The van der Waals surface area contributed by atoms with Crippen molar-refractivity contribution >= 4 is 5.82 Å². The van der Waals surface area contributed by atoms with Crippen molar-refractivity contribution in [2.75, 3.05) is 25.2 Å². The van der Waals surface area contributed by atoms with Gasteiger partial charge in [-0.25, -0.2) is 4.98 Å². The number of rotatable bonds is 3. The van der Waals surface area contributed by atoms with E-state index in [9.17, 15) is 0 Å². The second-order valence-corrected chi connectivity index (χ2v) is 7.28. The lowest BCUT2D eigenvalue weighted by Gasteiger charge is -2.50. The monoisotopic (exact) mass is 337 g/mol. The Labute approximate surface area is 148 Å². The number of anilines is 1. The van der Waals surface area contributed by atoms with Gasteiger partial charge in [0, 0.05) is 23.8 Å². The van der Waals surface area contributed by atoms with E-state index < -0.39 is 0 Å². The predicted octanol–water partition coefficient (Wildman–Crippen LogP) is 3.37. The molecule has 25 heavy (non-hydrogen) atoms. The summed E-state index contributed by atoms with van der Waals surface area (Å²) >= 11 is 0. The fourth-order valence-corrected chi connectivity index (χ4v) is 4.44. The highest BCUT2D eigenvalue weighted by Gasteiger charge is 2.39. The van der Waals surface area contributed by atoms with Crippen molar-refractivity contribution in [3.63, 3.8) is 0 Å². The van der Waals surface area contributed by atoms with Gasteiger partial charge in [0.25, 0.3) is 0 Å². The number of hydrogen-bond donors (Lipinski definition) is 1. The molecule has 2 bridgehead atoms. The van der Waals surface area contributed by atoms with Gasteiger partial charge in [0.2, 0.25) is 6.79 Å². The van der Waals surface area contributed by atoms with Crippen molar-refractivity contribution in [1.29, 1.82) is 0 Å². The third-order valence-corrected chi connectivity index (χ3v) is 5.96. The van der Waals surface area contributed by atoms with Crippen LogP contribution in [0, 0.1) is 5.92 Å². The Morgan fingerprint density at radius 1 is 1.04 bits per heavy atom. The van der Waals surface area contributed by atoms with Crippen LogP contribution in [0.15, 0.2) is 36.5 Å². The number of pyridine rings is 1. The van der Waals surface area contributed by atoms with Crippen LogP contribution in [0.1, 0.15) is 19.8 Å². The maximum atomic E-state index is 5.47. The van der Waals surface area contributed by atoms with E-state index in [-0.39, 0.29) is 0 Å². The van der Waals surface area contributed by atoms with E-state index in [1.165, 1.54) is 25.9 Å². The summed E-state index contributed by atoms with van der Waals surface area (Å²) in [5.74, 6) is 3.36. The summed E-state index contributed by atoms with van der Waals surface area (Å²) in [6.45, 7) is 5.14. The SMILES string of the molecule is CC1C(Nc2ccc(-c3ccc4c(c3)OCO4)cn2)C2CCN1CC2. The molecule has 0 aliphatic carbocycles. The number of hydrogen-bond acceptors (Lipinski definition) is 5. The fraction of sp³-hybridized carbons (Fsp3) is 0.450. The minimum absolute atomic E-state index is 0.303. The lowest BCUT2D eigenvalue weighted by Crippen LogP contribution is -2.59. The van der Waals surface area contributed by atoms with Crippen molar-refractivity contribution < 1.29 is 9.47 Å². The molecule has 2 unspecified atom stereocenters. The fourth-order valence-electron chi connectivity index (χ4n) is 4.44. The Hall–Kier alpha value is -2.27. The first-order chi connectivity index (χ1) is 12.3. The molecule has 4 aliphatic rings. The van der Waals surface area contributed by atoms with Crippen LogP contribution in [-0.2, 0) is 0 Å². The number of aromatic nitrogens is 1. The Balaban J connectivity index is 1.33. The molecular formula is C20H23N3O2. The molecule has 6 rings (SSSR count). The first-order valence-corrected chi connectivity index (χ1v) is 9.14. The highest BCUT2D eigenvalue weighted by Crippen LogP contribution is 2.36. The second-order valence-electron chi connectivity index (χ2n) is 7.28. The van der Waals surface area contributed by atoms with Crippen LogP contribution in [-0.4, -0.2) is 41.9 Å². The highest BCUT2D eigenvalue weighted by molar-refractivity contribution is 5.67. The number of nitrogens with one attached hydrogen (secondary N) is 1. The number of fused-ring (bicyclic) bond motifs is 4. The Bertz CT molecular complexity index is 767. The summed E-state index contributed by atoms with van der Waals surface area (Å²) in [5.41, 5.74) is 2.19. The van der Waals surface area contributed by atoms with Crippen LogP contribution >= 0.6 is 0 Å². The summed E-state index contributed by atoms with van der Waals surface area (Å²) in [4.78, 5) is 7.25. The van der Waals surface area contributed by atoms with Crippen LogP contribution in [0.5, 0.6) is 11.5 Å². The molecule has 1 N–H and O–H groups in total. The van der Waals surface area contributed by atoms with E-state index in [1.54, 1.807) is 0 Å². The molecule has 5 heterocycles. The van der Waals surface area contributed by atoms with Crippen molar-refractivity contribution in [3.8, 4) is 22.6 Å². The maximum absolute atomic E-state index is 5.47. The lowest BCUT2D eigenvalue weighted by atomic mass is 9.79. The third kappa shape index (κ3) is 2.63. The number of nitrogens with zero attached hydrogens (tertiary/aromatic N) is 2. The van der Waals surface area contributed by atoms with Crippen molar-refractivity contribution in [2.45, 2.75) is 31.8 Å². The normalized spacial score (nSPS) is 29.6. The first-order valence-electron chi connectivity index (χ1n) is 9.14. The second kappa shape index (κ2) is 5.92. The van der Waals surface area contributed by atoms with E-state index in [1.807, 2.05) is 24.4 Å². The molecule has 2 atom stereocenters. The molecule has 1 aromatic carbocycles. The number of piperidine rings is 3. The van der Waals surface area contributed by atoms with Gasteiger partial charge in [0.1, 0.15) is 5.82 Å². The lowest BCUT2D eigenvalue weighted by molar-refractivity contribution is 0.0457. The van der Waals surface area contributed by atoms with E-state index >= 15 is 0 Å². The molecule has 5 heteroatoms. The van der Waals surface area contributed by atoms with Crippen LogP contribution in [0.2, 0.25) is 0 Å². The summed E-state index contributed by atoms with van der Waals surface area (Å²) in [6.07, 6.45) is 4.54. The molecule has 0 saturated carbocycles. The summed E-state index contributed by atoms with van der Waals surface area (Å²) in [7, 11) is 0. The summed E-state index contributed by atoms with van der Waals surface area (Å²) in [6, 6.07) is 11.3. The van der Waals surface area contributed by atoms with Crippen LogP contribution in [0.3, 0.4) is 0 Å². The number of benzene rings is 1. The molecular weight excluding hydrogens is 314 g/mol. The number of ether oxygens (including phenoxy) is 2. The van der Waals surface area contributed by atoms with Gasteiger partial charge in [-0.05, 0) is 68.6 Å². The van der Waals surface area contributed by atoms with E-state index in [0.717, 1.165) is 34.4 Å². The predicted molar refractivity (Wildman–Crippen MR) is 97.0 cm³/mol. The van der Waals surface area contributed by atoms with Crippen molar-refractivity contribution in [3.05, 3.63) is 36.5 Å². The topological polar surface area (TPSA) is 46.6 Å². The molecule has 4 aliphatic heterocycles. The molecule has 0 spiro atoms.